The summed E-state index contributed by atoms with van der Waals surface area (Å²) in [5, 5.41) is 5.33. The molecule has 0 saturated heterocycles. The highest BCUT2D eigenvalue weighted by molar-refractivity contribution is 6.30. The third-order valence-corrected chi connectivity index (χ3v) is 3.85. The minimum Gasteiger partial charge on any atom is -0.445 e. The molecule has 2 aromatic rings. The van der Waals surface area contributed by atoms with Crippen LogP contribution in [0.5, 0.6) is 0 Å². The number of benzene rings is 2. The van der Waals surface area contributed by atoms with Crippen molar-refractivity contribution < 1.29 is 19.1 Å². The van der Waals surface area contributed by atoms with Crippen molar-refractivity contribution in [1.82, 2.24) is 10.6 Å². The number of halogens is 1. The van der Waals surface area contributed by atoms with E-state index in [0.29, 0.717) is 5.02 Å². The van der Waals surface area contributed by atoms with Crippen LogP contribution in [0.25, 0.3) is 0 Å². The zero-order chi connectivity index (χ0) is 19.6. The zero-order valence-corrected chi connectivity index (χ0v) is 15.2. The second-order valence-corrected chi connectivity index (χ2v) is 6.21. The van der Waals surface area contributed by atoms with E-state index in [1.54, 1.807) is 24.3 Å². The molecule has 8 heteroatoms. The van der Waals surface area contributed by atoms with Crippen molar-refractivity contribution in [2.75, 3.05) is 6.54 Å². The van der Waals surface area contributed by atoms with Crippen molar-refractivity contribution in [1.29, 1.82) is 0 Å². The van der Waals surface area contributed by atoms with Crippen LogP contribution < -0.4 is 16.4 Å². The van der Waals surface area contributed by atoms with Crippen molar-refractivity contribution in [2.24, 2.45) is 5.73 Å². The SMILES string of the molecule is NC(=O)[C@H](Cc1cccc(Cl)c1)NC(=O)CNC(=O)OCc1ccccc1. The van der Waals surface area contributed by atoms with E-state index in [4.69, 9.17) is 22.1 Å². The van der Waals surface area contributed by atoms with Gasteiger partial charge in [-0.25, -0.2) is 4.79 Å². The van der Waals surface area contributed by atoms with Crippen LogP contribution >= 0.6 is 11.6 Å². The Hall–Kier alpha value is -3.06. The van der Waals surface area contributed by atoms with Crippen molar-refractivity contribution in [3.8, 4) is 0 Å². The van der Waals surface area contributed by atoms with Gasteiger partial charge < -0.3 is 21.1 Å². The summed E-state index contributed by atoms with van der Waals surface area (Å²) in [4.78, 5) is 35.2. The Bertz CT molecular complexity index is 799. The first-order chi connectivity index (χ1) is 12.9. The van der Waals surface area contributed by atoms with Crippen LogP contribution in [0, 0.1) is 0 Å². The number of amides is 3. The summed E-state index contributed by atoms with van der Waals surface area (Å²) in [6.45, 7) is -0.250. The topological polar surface area (TPSA) is 111 Å². The van der Waals surface area contributed by atoms with Crippen LogP contribution in [0.2, 0.25) is 5.02 Å². The van der Waals surface area contributed by atoms with Gasteiger partial charge in [-0.15, -0.1) is 0 Å². The first kappa shape index (κ1) is 20.3. The fraction of sp³-hybridized carbons (Fsp3) is 0.211. The lowest BCUT2D eigenvalue weighted by Gasteiger charge is -2.16. The molecule has 0 heterocycles. The summed E-state index contributed by atoms with van der Waals surface area (Å²) in [5.74, 6) is -1.24. The second kappa shape index (κ2) is 10.2. The summed E-state index contributed by atoms with van der Waals surface area (Å²) in [7, 11) is 0. The number of nitrogens with one attached hydrogen (secondary N) is 2. The molecule has 3 amide bonds. The third kappa shape index (κ3) is 7.37. The summed E-state index contributed by atoms with van der Waals surface area (Å²) < 4.78 is 5.00. The number of primary amides is 1. The highest BCUT2D eigenvalue weighted by Crippen LogP contribution is 2.12. The van der Waals surface area contributed by atoms with E-state index >= 15 is 0 Å². The van der Waals surface area contributed by atoms with Gasteiger partial charge in [0.05, 0.1) is 0 Å². The minimum atomic E-state index is -0.918. The van der Waals surface area contributed by atoms with E-state index in [1.165, 1.54) is 0 Å². The number of hydrogen-bond donors (Lipinski definition) is 3. The maximum Gasteiger partial charge on any atom is 0.407 e. The highest BCUT2D eigenvalue weighted by atomic mass is 35.5. The van der Waals surface area contributed by atoms with Crippen LogP contribution in [0.1, 0.15) is 11.1 Å². The normalized spacial score (nSPS) is 11.3. The molecule has 0 unspecified atom stereocenters. The fourth-order valence-corrected chi connectivity index (χ4v) is 2.51. The van der Waals surface area contributed by atoms with Crippen molar-refractivity contribution >= 4 is 29.5 Å². The van der Waals surface area contributed by atoms with Gasteiger partial charge in [0.25, 0.3) is 0 Å². The van der Waals surface area contributed by atoms with E-state index in [9.17, 15) is 14.4 Å². The Morgan fingerprint density at radius 3 is 2.41 bits per heavy atom. The Morgan fingerprint density at radius 1 is 1.04 bits per heavy atom. The van der Waals surface area contributed by atoms with Crippen molar-refractivity contribution in [3.05, 3.63) is 70.7 Å². The molecule has 0 spiro atoms. The van der Waals surface area contributed by atoms with Gasteiger partial charge in [0.1, 0.15) is 19.2 Å². The molecule has 4 N–H and O–H groups in total. The number of carbonyl (C=O) groups excluding carboxylic acids is 3. The predicted octanol–water partition coefficient (Wildman–Crippen LogP) is 1.78. The molecule has 7 nitrogen and oxygen atoms in total. The molecule has 2 aromatic carbocycles. The van der Waals surface area contributed by atoms with Crippen LogP contribution in [0.15, 0.2) is 54.6 Å². The van der Waals surface area contributed by atoms with Gasteiger partial charge in [-0.2, -0.15) is 0 Å². The molecule has 0 bridgehead atoms. The van der Waals surface area contributed by atoms with Gasteiger partial charge in [0, 0.05) is 11.4 Å². The van der Waals surface area contributed by atoms with Crippen LogP contribution in [0.3, 0.4) is 0 Å². The predicted molar refractivity (Wildman–Crippen MR) is 101 cm³/mol. The molecular formula is C19H20ClN3O4. The van der Waals surface area contributed by atoms with Gasteiger partial charge in [0.2, 0.25) is 11.8 Å². The summed E-state index contributed by atoms with van der Waals surface area (Å²) >= 11 is 5.91. The molecule has 0 aromatic heterocycles. The van der Waals surface area contributed by atoms with Gasteiger partial charge in [-0.3, -0.25) is 9.59 Å². The van der Waals surface area contributed by atoms with Crippen LogP contribution in [0.4, 0.5) is 4.79 Å². The third-order valence-electron chi connectivity index (χ3n) is 3.61. The van der Waals surface area contributed by atoms with E-state index in [1.807, 2.05) is 30.3 Å². The van der Waals surface area contributed by atoms with Crippen molar-refractivity contribution in [2.45, 2.75) is 19.1 Å². The van der Waals surface area contributed by atoms with Crippen molar-refractivity contribution in [3.63, 3.8) is 0 Å². The van der Waals surface area contributed by atoms with Gasteiger partial charge >= 0.3 is 6.09 Å². The fourth-order valence-electron chi connectivity index (χ4n) is 2.29. The lowest BCUT2D eigenvalue weighted by molar-refractivity contribution is -0.126. The molecule has 1 atom stereocenters. The van der Waals surface area contributed by atoms with Gasteiger partial charge in [0.15, 0.2) is 0 Å². The molecule has 0 saturated carbocycles. The second-order valence-electron chi connectivity index (χ2n) is 5.77. The zero-order valence-electron chi connectivity index (χ0n) is 14.5. The summed E-state index contributed by atoms with van der Waals surface area (Å²) in [6.07, 6.45) is -0.542. The van der Waals surface area contributed by atoms with E-state index < -0.39 is 23.9 Å². The number of ether oxygens (including phenoxy) is 1. The minimum absolute atomic E-state index is 0.0902. The first-order valence-electron chi connectivity index (χ1n) is 8.21. The average Bonchev–Trinajstić information content (AvgIpc) is 2.65. The Balaban J connectivity index is 1.78. The molecule has 2 rings (SSSR count). The number of nitrogens with two attached hydrogens (primary N) is 1. The molecule has 142 valence electrons. The number of alkyl carbamates (subject to hydrolysis) is 1. The lowest BCUT2D eigenvalue weighted by atomic mass is 10.1. The summed E-state index contributed by atoms with van der Waals surface area (Å²) in [6, 6.07) is 15.1. The van der Waals surface area contributed by atoms with E-state index in [2.05, 4.69) is 10.6 Å². The summed E-state index contributed by atoms with van der Waals surface area (Å²) in [5.41, 5.74) is 6.92. The number of carbonyl (C=O) groups is 3. The monoisotopic (exact) mass is 389 g/mol. The van der Waals surface area contributed by atoms with E-state index in [-0.39, 0.29) is 19.6 Å². The largest absolute Gasteiger partial charge is 0.445 e. The standard InChI is InChI=1S/C19H20ClN3O4/c20-15-8-4-7-14(9-15)10-16(18(21)25)23-17(24)11-22-19(26)27-12-13-5-2-1-3-6-13/h1-9,16H,10-12H2,(H2,21,25)(H,22,26)(H,23,24)/t16-/m0/s1. The Kier molecular flexibility index (Phi) is 7.63. The molecule has 27 heavy (non-hydrogen) atoms. The first-order valence-corrected chi connectivity index (χ1v) is 8.59. The van der Waals surface area contributed by atoms with Gasteiger partial charge in [-0.1, -0.05) is 54.1 Å². The smallest absolute Gasteiger partial charge is 0.407 e. The number of rotatable bonds is 8. The van der Waals surface area contributed by atoms with Gasteiger partial charge in [-0.05, 0) is 23.3 Å². The van der Waals surface area contributed by atoms with E-state index in [0.717, 1.165) is 11.1 Å². The average molecular weight is 390 g/mol. The molecule has 0 aliphatic rings. The molecule has 0 fully saturated rings. The molecule has 0 radical (unpaired) electrons. The Morgan fingerprint density at radius 2 is 1.74 bits per heavy atom. The number of hydrogen-bond acceptors (Lipinski definition) is 4. The Labute approximate surface area is 161 Å². The van der Waals surface area contributed by atoms with Crippen LogP contribution in [-0.2, 0) is 27.4 Å². The molecular weight excluding hydrogens is 370 g/mol. The molecule has 0 aliphatic heterocycles. The maximum absolute atomic E-state index is 12.0. The quantitative estimate of drug-likeness (QED) is 0.639. The van der Waals surface area contributed by atoms with Crippen LogP contribution in [-0.4, -0.2) is 30.5 Å². The lowest BCUT2D eigenvalue weighted by Crippen LogP contribution is -2.49. The maximum atomic E-state index is 12.0. The molecule has 0 aliphatic carbocycles. The highest BCUT2D eigenvalue weighted by Gasteiger charge is 2.19.